The Hall–Kier alpha value is -1.19. The molecule has 1 aromatic carbocycles. The number of hydrogen-bond acceptors (Lipinski definition) is 2. The second kappa shape index (κ2) is 5.23. The zero-order valence-corrected chi connectivity index (χ0v) is 9.58. The first kappa shape index (κ1) is 11.3. The summed E-state index contributed by atoms with van der Waals surface area (Å²) in [7, 11) is 0. The first-order chi connectivity index (χ1) is 7.79. The summed E-state index contributed by atoms with van der Waals surface area (Å²) in [4.78, 5) is 0. The minimum Gasteiger partial charge on any atom is -0.396 e. The first-order valence-electron chi connectivity index (χ1n) is 5.17. The van der Waals surface area contributed by atoms with Crippen LogP contribution in [0.3, 0.4) is 0 Å². The number of thiophene rings is 1. The van der Waals surface area contributed by atoms with Crippen molar-refractivity contribution in [1.82, 2.24) is 0 Å². The summed E-state index contributed by atoms with van der Waals surface area (Å²) < 4.78 is 12.8. The third-order valence-electron chi connectivity index (χ3n) is 2.62. The molecule has 1 atom stereocenters. The van der Waals surface area contributed by atoms with Crippen LogP contribution in [0.15, 0.2) is 41.1 Å². The maximum atomic E-state index is 12.8. The van der Waals surface area contributed by atoms with Crippen molar-refractivity contribution in [1.29, 1.82) is 0 Å². The van der Waals surface area contributed by atoms with Crippen LogP contribution >= 0.6 is 11.3 Å². The topological polar surface area (TPSA) is 20.2 Å². The van der Waals surface area contributed by atoms with Gasteiger partial charge >= 0.3 is 0 Å². The summed E-state index contributed by atoms with van der Waals surface area (Å²) in [5.41, 5.74) is 2.20. The van der Waals surface area contributed by atoms with Crippen LogP contribution in [0.2, 0.25) is 0 Å². The second-order valence-electron chi connectivity index (χ2n) is 3.77. The van der Waals surface area contributed by atoms with E-state index in [4.69, 9.17) is 0 Å². The Morgan fingerprint density at radius 1 is 1.19 bits per heavy atom. The van der Waals surface area contributed by atoms with Gasteiger partial charge in [-0.1, -0.05) is 12.1 Å². The lowest BCUT2D eigenvalue weighted by atomic mass is 9.94. The van der Waals surface area contributed by atoms with Gasteiger partial charge < -0.3 is 5.11 Å². The summed E-state index contributed by atoms with van der Waals surface area (Å²) in [5, 5.41) is 13.5. The van der Waals surface area contributed by atoms with Crippen molar-refractivity contribution in [3.8, 4) is 0 Å². The minimum absolute atomic E-state index is 0.0511. The Bertz CT molecular complexity index is 422. The molecule has 0 saturated heterocycles. The fourth-order valence-corrected chi connectivity index (χ4v) is 2.40. The maximum Gasteiger partial charge on any atom is 0.123 e. The van der Waals surface area contributed by atoms with Gasteiger partial charge in [0.15, 0.2) is 0 Å². The molecule has 0 aliphatic heterocycles. The van der Waals surface area contributed by atoms with E-state index in [-0.39, 0.29) is 18.3 Å². The largest absolute Gasteiger partial charge is 0.396 e. The minimum atomic E-state index is -0.240. The predicted octanol–water partition coefficient (Wildman–Crippen LogP) is 3.21. The molecule has 0 aliphatic carbocycles. The molecule has 0 spiro atoms. The number of hydrogen-bond donors (Lipinski definition) is 1. The Morgan fingerprint density at radius 3 is 2.50 bits per heavy atom. The molecule has 1 N–H and O–H groups in total. The highest BCUT2D eigenvalue weighted by Gasteiger charge is 2.11. The standard InChI is InChI=1S/C13H13FOS/c14-13-3-1-11(2-4-13)12(8-15)7-10-5-6-16-9-10/h1-6,9,12,15H,7-8H2. The normalized spacial score (nSPS) is 12.6. The van der Waals surface area contributed by atoms with E-state index in [9.17, 15) is 9.50 Å². The molecule has 2 aromatic rings. The fraction of sp³-hybridized carbons (Fsp3) is 0.231. The van der Waals surface area contributed by atoms with Crippen molar-refractivity contribution in [3.05, 3.63) is 58.0 Å². The zero-order chi connectivity index (χ0) is 11.4. The monoisotopic (exact) mass is 236 g/mol. The third kappa shape index (κ3) is 2.68. The van der Waals surface area contributed by atoms with E-state index in [1.165, 1.54) is 17.7 Å². The average molecular weight is 236 g/mol. The molecule has 0 fully saturated rings. The van der Waals surface area contributed by atoms with E-state index in [1.807, 2.05) is 5.38 Å². The van der Waals surface area contributed by atoms with Crippen LogP contribution in [-0.4, -0.2) is 11.7 Å². The summed E-state index contributed by atoms with van der Waals surface area (Å²) in [5.74, 6) is -0.189. The van der Waals surface area contributed by atoms with Crippen molar-refractivity contribution < 1.29 is 9.50 Å². The van der Waals surface area contributed by atoms with Crippen LogP contribution in [0.4, 0.5) is 4.39 Å². The Morgan fingerprint density at radius 2 is 1.94 bits per heavy atom. The lowest BCUT2D eigenvalue weighted by Crippen LogP contribution is -2.07. The maximum absolute atomic E-state index is 12.8. The number of rotatable bonds is 4. The summed E-state index contributed by atoms with van der Waals surface area (Å²) in [6, 6.07) is 8.40. The number of benzene rings is 1. The molecule has 0 bridgehead atoms. The van der Waals surface area contributed by atoms with Gasteiger partial charge in [-0.2, -0.15) is 11.3 Å². The van der Waals surface area contributed by atoms with Gasteiger partial charge in [-0.15, -0.1) is 0 Å². The van der Waals surface area contributed by atoms with Crippen molar-refractivity contribution in [2.45, 2.75) is 12.3 Å². The second-order valence-corrected chi connectivity index (χ2v) is 4.55. The molecule has 1 aromatic heterocycles. The van der Waals surface area contributed by atoms with Gasteiger partial charge in [0.05, 0.1) is 6.61 Å². The smallest absolute Gasteiger partial charge is 0.123 e. The molecule has 16 heavy (non-hydrogen) atoms. The Balaban J connectivity index is 2.13. The SMILES string of the molecule is OCC(Cc1ccsc1)c1ccc(F)cc1. The molecular weight excluding hydrogens is 223 g/mol. The van der Waals surface area contributed by atoms with Crippen LogP contribution in [0.1, 0.15) is 17.0 Å². The Kier molecular flexibility index (Phi) is 3.70. The molecule has 0 saturated carbocycles. The van der Waals surface area contributed by atoms with Gasteiger partial charge in [0.25, 0.3) is 0 Å². The van der Waals surface area contributed by atoms with E-state index in [1.54, 1.807) is 23.5 Å². The predicted molar refractivity (Wildman–Crippen MR) is 64.2 cm³/mol. The Labute approximate surface area is 98.2 Å². The van der Waals surface area contributed by atoms with Crippen molar-refractivity contribution in [3.63, 3.8) is 0 Å². The van der Waals surface area contributed by atoms with Crippen LogP contribution in [-0.2, 0) is 6.42 Å². The van der Waals surface area contributed by atoms with Gasteiger partial charge in [-0.25, -0.2) is 4.39 Å². The van der Waals surface area contributed by atoms with Gasteiger partial charge in [0, 0.05) is 5.92 Å². The summed E-state index contributed by atoms with van der Waals surface area (Å²) in [6.07, 6.45) is 0.797. The van der Waals surface area contributed by atoms with Crippen LogP contribution < -0.4 is 0 Å². The van der Waals surface area contributed by atoms with Crippen molar-refractivity contribution >= 4 is 11.3 Å². The number of aliphatic hydroxyl groups is 1. The molecular formula is C13H13FOS. The third-order valence-corrected chi connectivity index (χ3v) is 3.36. The molecule has 0 amide bonds. The molecule has 84 valence electrons. The van der Waals surface area contributed by atoms with E-state index in [2.05, 4.69) is 11.4 Å². The highest BCUT2D eigenvalue weighted by atomic mass is 32.1. The van der Waals surface area contributed by atoms with Crippen molar-refractivity contribution in [2.75, 3.05) is 6.61 Å². The van der Waals surface area contributed by atoms with Gasteiger partial charge in [0.1, 0.15) is 5.82 Å². The average Bonchev–Trinajstić information content (AvgIpc) is 2.80. The fourth-order valence-electron chi connectivity index (χ4n) is 1.72. The van der Waals surface area contributed by atoms with E-state index >= 15 is 0 Å². The molecule has 2 rings (SSSR count). The van der Waals surface area contributed by atoms with Crippen LogP contribution in [0.5, 0.6) is 0 Å². The molecule has 0 radical (unpaired) electrons. The first-order valence-corrected chi connectivity index (χ1v) is 6.11. The zero-order valence-electron chi connectivity index (χ0n) is 8.77. The molecule has 0 aliphatic rings. The highest BCUT2D eigenvalue weighted by Crippen LogP contribution is 2.22. The van der Waals surface area contributed by atoms with E-state index < -0.39 is 0 Å². The summed E-state index contributed by atoms with van der Waals surface area (Å²) in [6.45, 7) is 0.0848. The highest BCUT2D eigenvalue weighted by molar-refractivity contribution is 7.07. The van der Waals surface area contributed by atoms with Gasteiger partial charge in [0.2, 0.25) is 0 Å². The molecule has 1 unspecified atom stereocenters. The molecule has 1 heterocycles. The van der Waals surface area contributed by atoms with Crippen molar-refractivity contribution in [2.24, 2.45) is 0 Å². The summed E-state index contributed by atoms with van der Waals surface area (Å²) >= 11 is 1.65. The van der Waals surface area contributed by atoms with E-state index in [0.717, 1.165) is 12.0 Å². The lowest BCUT2D eigenvalue weighted by Gasteiger charge is -2.13. The number of halogens is 1. The lowest BCUT2D eigenvalue weighted by molar-refractivity contribution is 0.264. The molecule has 1 nitrogen and oxygen atoms in total. The van der Waals surface area contributed by atoms with Crippen LogP contribution in [0, 0.1) is 5.82 Å². The quantitative estimate of drug-likeness (QED) is 0.864. The number of aliphatic hydroxyl groups excluding tert-OH is 1. The van der Waals surface area contributed by atoms with E-state index in [0.29, 0.717) is 0 Å². The molecule has 3 heteroatoms. The van der Waals surface area contributed by atoms with Gasteiger partial charge in [-0.05, 0) is 46.5 Å². The van der Waals surface area contributed by atoms with Crippen LogP contribution in [0.25, 0.3) is 0 Å². The van der Waals surface area contributed by atoms with Gasteiger partial charge in [-0.3, -0.25) is 0 Å².